The normalized spacial score (nSPS) is 11.4. The van der Waals surface area contributed by atoms with Gasteiger partial charge in [-0.2, -0.15) is 4.31 Å². The molecule has 0 amide bonds. The molecule has 0 aliphatic carbocycles. The Morgan fingerprint density at radius 2 is 1.67 bits per heavy atom. The first kappa shape index (κ1) is 20.9. The second-order valence-corrected chi connectivity index (χ2v) is 7.77. The first-order valence-electron chi connectivity index (χ1n) is 8.86. The Balaban J connectivity index is 2.05. The molecule has 0 heterocycles. The molecule has 0 aromatic heterocycles. The number of hydrogen-bond acceptors (Lipinski definition) is 5. The number of sulfonamides is 1. The molecule has 2 rings (SSSR count). The SMILES string of the molecule is CCN(CC)S(=O)(=O)c1cc(C(=O)OCCOc2ccccc2)ccc1C. The summed E-state index contributed by atoms with van der Waals surface area (Å²) in [6.07, 6.45) is 0. The fourth-order valence-corrected chi connectivity index (χ4v) is 4.31. The first-order valence-corrected chi connectivity index (χ1v) is 10.3. The van der Waals surface area contributed by atoms with E-state index in [1.54, 1.807) is 32.9 Å². The average Bonchev–Trinajstić information content (AvgIpc) is 2.67. The van der Waals surface area contributed by atoms with Gasteiger partial charge in [-0.05, 0) is 36.8 Å². The highest BCUT2D eigenvalue weighted by atomic mass is 32.2. The van der Waals surface area contributed by atoms with Crippen molar-refractivity contribution in [3.05, 3.63) is 59.7 Å². The number of aryl methyl sites for hydroxylation is 1. The summed E-state index contributed by atoms with van der Waals surface area (Å²) in [5, 5.41) is 0. The molecule has 0 N–H and O–H groups in total. The summed E-state index contributed by atoms with van der Waals surface area (Å²) in [5.74, 6) is 0.110. The van der Waals surface area contributed by atoms with Crippen LogP contribution >= 0.6 is 0 Å². The van der Waals surface area contributed by atoms with Crippen molar-refractivity contribution in [3.63, 3.8) is 0 Å². The van der Waals surface area contributed by atoms with Crippen LogP contribution < -0.4 is 4.74 Å². The van der Waals surface area contributed by atoms with Crippen molar-refractivity contribution in [2.75, 3.05) is 26.3 Å². The minimum absolute atomic E-state index is 0.0692. The van der Waals surface area contributed by atoms with Gasteiger partial charge in [0.1, 0.15) is 19.0 Å². The third kappa shape index (κ3) is 5.30. The van der Waals surface area contributed by atoms with Crippen molar-refractivity contribution < 1.29 is 22.7 Å². The number of hydrogen-bond donors (Lipinski definition) is 0. The van der Waals surface area contributed by atoms with E-state index in [-0.39, 0.29) is 23.7 Å². The maximum Gasteiger partial charge on any atom is 0.338 e. The summed E-state index contributed by atoms with van der Waals surface area (Å²) >= 11 is 0. The molecule has 27 heavy (non-hydrogen) atoms. The lowest BCUT2D eigenvalue weighted by Gasteiger charge is -2.20. The lowest BCUT2D eigenvalue weighted by molar-refractivity contribution is 0.0450. The molecule has 0 aliphatic heterocycles. The quantitative estimate of drug-likeness (QED) is 0.485. The number of benzene rings is 2. The van der Waals surface area contributed by atoms with Gasteiger partial charge >= 0.3 is 5.97 Å². The van der Waals surface area contributed by atoms with E-state index in [4.69, 9.17) is 9.47 Å². The zero-order valence-corrected chi connectivity index (χ0v) is 16.7. The summed E-state index contributed by atoms with van der Waals surface area (Å²) in [4.78, 5) is 12.4. The number of carbonyl (C=O) groups excluding carboxylic acids is 1. The molecule has 0 bridgehead atoms. The standard InChI is InChI=1S/C20H25NO5S/c1-4-21(5-2)27(23,24)19-15-17(12-11-16(19)3)20(22)26-14-13-25-18-9-7-6-8-10-18/h6-12,15H,4-5,13-14H2,1-3H3. The predicted molar refractivity (Wildman–Crippen MR) is 104 cm³/mol. The third-order valence-corrected chi connectivity index (χ3v) is 6.27. The molecular formula is C20H25NO5S. The van der Waals surface area contributed by atoms with E-state index >= 15 is 0 Å². The third-order valence-electron chi connectivity index (χ3n) is 4.08. The lowest BCUT2D eigenvalue weighted by atomic mass is 10.1. The van der Waals surface area contributed by atoms with Gasteiger partial charge in [0.25, 0.3) is 0 Å². The molecule has 0 atom stereocenters. The Morgan fingerprint density at radius 3 is 2.30 bits per heavy atom. The first-order chi connectivity index (χ1) is 12.9. The van der Waals surface area contributed by atoms with Crippen molar-refractivity contribution in [2.24, 2.45) is 0 Å². The van der Waals surface area contributed by atoms with Gasteiger partial charge < -0.3 is 9.47 Å². The summed E-state index contributed by atoms with van der Waals surface area (Å²) in [6.45, 7) is 6.28. The second kappa shape index (κ2) is 9.53. The van der Waals surface area contributed by atoms with Gasteiger partial charge in [-0.25, -0.2) is 13.2 Å². The summed E-state index contributed by atoms with van der Waals surface area (Å²) in [5.41, 5.74) is 0.789. The molecule has 0 radical (unpaired) electrons. The van der Waals surface area contributed by atoms with Crippen molar-refractivity contribution >= 4 is 16.0 Å². The molecule has 0 aliphatic rings. The van der Waals surface area contributed by atoms with E-state index in [0.29, 0.717) is 24.4 Å². The molecule has 0 unspecified atom stereocenters. The number of esters is 1. The second-order valence-electron chi connectivity index (χ2n) is 5.87. The van der Waals surface area contributed by atoms with E-state index in [0.717, 1.165) is 0 Å². The highest BCUT2D eigenvalue weighted by Gasteiger charge is 2.25. The van der Waals surface area contributed by atoms with E-state index < -0.39 is 16.0 Å². The fraction of sp³-hybridized carbons (Fsp3) is 0.350. The average molecular weight is 391 g/mol. The molecule has 2 aromatic rings. The van der Waals surface area contributed by atoms with Gasteiger partial charge in [0.15, 0.2) is 0 Å². The molecule has 0 saturated carbocycles. The van der Waals surface area contributed by atoms with Crippen LogP contribution in [-0.4, -0.2) is 45.0 Å². The topological polar surface area (TPSA) is 72.9 Å². The van der Waals surface area contributed by atoms with Crippen LogP contribution in [0.3, 0.4) is 0 Å². The van der Waals surface area contributed by atoms with E-state index in [9.17, 15) is 13.2 Å². The number of ether oxygens (including phenoxy) is 2. The number of nitrogens with zero attached hydrogens (tertiary/aromatic N) is 1. The molecular weight excluding hydrogens is 366 g/mol. The van der Waals surface area contributed by atoms with Gasteiger partial charge in [-0.1, -0.05) is 38.1 Å². The number of carbonyl (C=O) groups is 1. The Labute approximate surface area is 160 Å². The van der Waals surface area contributed by atoms with E-state index in [2.05, 4.69) is 0 Å². The molecule has 7 heteroatoms. The molecule has 2 aromatic carbocycles. The predicted octanol–water partition coefficient (Wildman–Crippen LogP) is 3.26. The van der Waals surface area contributed by atoms with Crippen molar-refractivity contribution in [3.8, 4) is 5.75 Å². The van der Waals surface area contributed by atoms with Crippen LogP contribution in [-0.2, 0) is 14.8 Å². The van der Waals surface area contributed by atoms with Crippen molar-refractivity contribution in [1.29, 1.82) is 0 Å². The van der Waals surface area contributed by atoms with Gasteiger partial charge in [0.2, 0.25) is 10.0 Å². The summed E-state index contributed by atoms with van der Waals surface area (Å²) in [6, 6.07) is 13.8. The smallest absolute Gasteiger partial charge is 0.338 e. The van der Waals surface area contributed by atoms with Crippen LogP contribution in [0.5, 0.6) is 5.75 Å². The molecule has 6 nitrogen and oxygen atoms in total. The van der Waals surface area contributed by atoms with Crippen LogP contribution in [0.4, 0.5) is 0 Å². The Kier molecular flexibility index (Phi) is 7.38. The molecule has 0 fully saturated rings. The van der Waals surface area contributed by atoms with Crippen LogP contribution in [0.2, 0.25) is 0 Å². The van der Waals surface area contributed by atoms with Crippen LogP contribution in [0.1, 0.15) is 29.8 Å². The molecule has 0 saturated heterocycles. The van der Waals surface area contributed by atoms with Crippen molar-refractivity contribution in [1.82, 2.24) is 4.31 Å². The molecule has 146 valence electrons. The van der Waals surface area contributed by atoms with E-state index in [1.165, 1.54) is 10.4 Å². The van der Waals surface area contributed by atoms with E-state index in [1.807, 2.05) is 30.3 Å². The maximum absolute atomic E-state index is 12.8. The zero-order valence-electron chi connectivity index (χ0n) is 15.8. The minimum atomic E-state index is -3.65. The van der Waals surface area contributed by atoms with Crippen LogP contribution in [0.15, 0.2) is 53.4 Å². The van der Waals surface area contributed by atoms with Crippen LogP contribution in [0.25, 0.3) is 0 Å². The molecule has 0 spiro atoms. The van der Waals surface area contributed by atoms with Crippen molar-refractivity contribution in [2.45, 2.75) is 25.7 Å². The summed E-state index contributed by atoms with van der Waals surface area (Å²) in [7, 11) is -3.65. The number of para-hydroxylation sites is 1. The Morgan fingerprint density at radius 1 is 1.00 bits per heavy atom. The highest BCUT2D eigenvalue weighted by molar-refractivity contribution is 7.89. The van der Waals surface area contributed by atoms with Gasteiger partial charge in [0, 0.05) is 13.1 Å². The zero-order chi connectivity index (χ0) is 19.9. The maximum atomic E-state index is 12.8. The summed E-state index contributed by atoms with van der Waals surface area (Å²) < 4.78 is 37.5. The van der Waals surface area contributed by atoms with Gasteiger partial charge in [0.05, 0.1) is 10.5 Å². The Hall–Kier alpha value is -2.38. The highest BCUT2D eigenvalue weighted by Crippen LogP contribution is 2.21. The minimum Gasteiger partial charge on any atom is -0.490 e. The monoisotopic (exact) mass is 391 g/mol. The Bertz CT molecular complexity index is 861. The van der Waals surface area contributed by atoms with Gasteiger partial charge in [-0.3, -0.25) is 0 Å². The fourth-order valence-electron chi connectivity index (χ4n) is 2.60. The van der Waals surface area contributed by atoms with Gasteiger partial charge in [-0.15, -0.1) is 0 Å². The number of rotatable bonds is 9. The largest absolute Gasteiger partial charge is 0.490 e. The van der Waals surface area contributed by atoms with Crippen LogP contribution in [0, 0.1) is 6.92 Å². The lowest BCUT2D eigenvalue weighted by Crippen LogP contribution is -2.31.